The summed E-state index contributed by atoms with van der Waals surface area (Å²) in [4.78, 5) is 14.2. The summed E-state index contributed by atoms with van der Waals surface area (Å²) in [6.45, 7) is 0.359. The maximum Gasteiger partial charge on any atom is 0.251 e. The molecule has 1 N–H and O–H groups in total. The van der Waals surface area contributed by atoms with Gasteiger partial charge in [-0.2, -0.15) is 0 Å². The summed E-state index contributed by atoms with van der Waals surface area (Å²) in [7, 11) is 5.51. The molecular formula is C17H19ClN2O2. The summed E-state index contributed by atoms with van der Waals surface area (Å²) >= 11 is 5.98. The number of amides is 1. The van der Waals surface area contributed by atoms with Crippen molar-refractivity contribution in [2.24, 2.45) is 0 Å². The Balaban J connectivity index is 2.05. The summed E-state index contributed by atoms with van der Waals surface area (Å²) in [6, 6.07) is 12.8. The van der Waals surface area contributed by atoms with E-state index in [2.05, 4.69) is 5.32 Å². The molecule has 0 aliphatic heterocycles. The van der Waals surface area contributed by atoms with Crippen molar-refractivity contribution in [3.05, 3.63) is 58.6 Å². The third-order valence-electron chi connectivity index (χ3n) is 3.33. The molecule has 0 aliphatic carbocycles. The fourth-order valence-corrected chi connectivity index (χ4v) is 2.27. The molecule has 0 radical (unpaired) electrons. The molecule has 0 aliphatic rings. The zero-order valence-corrected chi connectivity index (χ0v) is 13.6. The van der Waals surface area contributed by atoms with Gasteiger partial charge >= 0.3 is 0 Å². The zero-order chi connectivity index (χ0) is 16.1. The van der Waals surface area contributed by atoms with Gasteiger partial charge in [-0.1, -0.05) is 11.6 Å². The number of carbonyl (C=O) groups excluding carboxylic acids is 1. The molecule has 0 saturated carbocycles. The van der Waals surface area contributed by atoms with Crippen LogP contribution in [0.3, 0.4) is 0 Å². The third kappa shape index (κ3) is 3.92. The molecule has 0 saturated heterocycles. The molecule has 0 bridgehead atoms. The van der Waals surface area contributed by atoms with Gasteiger partial charge in [0.2, 0.25) is 0 Å². The summed E-state index contributed by atoms with van der Waals surface area (Å²) in [5, 5.41) is 3.49. The first kappa shape index (κ1) is 16.2. The molecule has 116 valence electrons. The van der Waals surface area contributed by atoms with Gasteiger partial charge in [0.1, 0.15) is 5.75 Å². The van der Waals surface area contributed by atoms with E-state index < -0.39 is 0 Å². The van der Waals surface area contributed by atoms with Crippen molar-refractivity contribution in [1.82, 2.24) is 5.32 Å². The lowest BCUT2D eigenvalue weighted by atomic mass is 10.1. The molecule has 2 rings (SSSR count). The van der Waals surface area contributed by atoms with Gasteiger partial charge in [-0.05, 0) is 42.5 Å². The molecule has 2 aromatic carbocycles. The molecule has 0 heterocycles. The molecule has 0 aromatic heterocycles. The number of hydrogen-bond donors (Lipinski definition) is 1. The van der Waals surface area contributed by atoms with Crippen LogP contribution in [0.4, 0.5) is 5.69 Å². The van der Waals surface area contributed by atoms with Gasteiger partial charge in [-0.25, -0.2) is 0 Å². The fraction of sp³-hybridized carbons (Fsp3) is 0.235. The second kappa shape index (κ2) is 7.18. The first-order valence-corrected chi connectivity index (χ1v) is 7.27. The first-order valence-electron chi connectivity index (χ1n) is 6.89. The van der Waals surface area contributed by atoms with Crippen molar-refractivity contribution in [3.8, 4) is 5.75 Å². The van der Waals surface area contributed by atoms with Crippen LogP contribution in [0.2, 0.25) is 5.02 Å². The van der Waals surface area contributed by atoms with Gasteiger partial charge in [0.15, 0.2) is 0 Å². The van der Waals surface area contributed by atoms with Gasteiger partial charge in [0, 0.05) is 42.5 Å². The van der Waals surface area contributed by atoms with E-state index in [-0.39, 0.29) is 5.91 Å². The van der Waals surface area contributed by atoms with Crippen LogP contribution in [0.5, 0.6) is 5.75 Å². The van der Waals surface area contributed by atoms with E-state index in [1.807, 2.05) is 31.1 Å². The van der Waals surface area contributed by atoms with Crippen molar-refractivity contribution in [3.63, 3.8) is 0 Å². The molecular weight excluding hydrogens is 300 g/mol. The van der Waals surface area contributed by atoms with Crippen molar-refractivity contribution >= 4 is 23.2 Å². The Morgan fingerprint density at radius 1 is 1.18 bits per heavy atom. The van der Waals surface area contributed by atoms with Crippen LogP contribution in [-0.2, 0) is 6.54 Å². The fourth-order valence-electron chi connectivity index (χ4n) is 2.07. The molecule has 5 heteroatoms. The lowest BCUT2D eigenvalue weighted by Crippen LogP contribution is -2.23. The maximum atomic E-state index is 12.2. The van der Waals surface area contributed by atoms with Crippen LogP contribution < -0.4 is 15.0 Å². The molecule has 0 spiro atoms. The molecule has 1 amide bonds. The quantitative estimate of drug-likeness (QED) is 0.919. The van der Waals surface area contributed by atoms with Crippen molar-refractivity contribution in [2.75, 3.05) is 26.1 Å². The van der Waals surface area contributed by atoms with Gasteiger partial charge in [-0.3, -0.25) is 4.79 Å². The van der Waals surface area contributed by atoms with Gasteiger partial charge in [-0.15, -0.1) is 0 Å². The zero-order valence-electron chi connectivity index (χ0n) is 12.9. The third-order valence-corrected chi connectivity index (χ3v) is 3.56. The predicted octanol–water partition coefficient (Wildman–Crippen LogP) is 3.34. The van der Waals surface area contributed by atoms with E-state index >= 15 is 0 Å². The minimum atomic E-state index is -0.132. The van der Waals surface area contributed by atoms with Crippen molar-refractivity contribution < 1.29 is 9.53 Å². The average Bonchev–Trinajstić information content (AvgIpc) is 2.52. The van der Waals surface area contributed by atoms with Gasteiger partial charge < -0.3 is 15.0 Å². The SMILES string of the molecule is COc1ccc(Cl)cc1CNC(=O)c1ccc(N(C)C)cc1. The highest BCUT2D eigenvalue weighted by atomic mass is 35.5. The normalized spacial score (nSPS) is 10.2. The number of nitrogens with one attached hydrogen (secondary N) is 1. The largest absolute Gasteiger partial charge is 0.496 e. The standard InChI is InChI=1S/C17H19ClN2O2/c1-20(2)15-7-4-12(5-8-15)17(21)19-11-13-10-14(18)6-9-16(13)22-3/h4-10H,11H2,1-3H3,(H,19,21). The monoisotopic (exact) mass is 318 g/mol. The Morgan fingerprint density at radius 2 is 1.86 bits per heavy atom. The second-order valence-corrected chi connectivity index (χ2v) is 5.52. The van der Waals surface area contributed by atoms with E-state index in [9.17, 15) is 4.79 Å². The summed E-state index contributed by atoms with van der Waals surface area (Å²) in [5.41, 5.74) is 2.51. The number of nitrogens with zero attached hydrogens (tertiary/aromatic N) is 1. The van der Waals surface area contributed by atoms with Crippen LogP contribution >= 0.6 is 11.6 Å². The molecule has 0 atom stereocenters. The number of ether oxygens (including phenoxy) is 1. The minimum Gasteiger partial charge on any atom is -0.496 e. The summed E-state index contributed by atoms with van der Waals surface area (Å²) in [5.74, 6) is 0.569. The number of hydrogen-bond acceptors (Lipinski definition) is 3. The van der Waals surface area contributed by atoms with Crippen molar-refractivity contribution in [1.29, 1.82) is 0 Å². The Bertz CT molecular complexity index is 654. The predicted molar refractivity (Wildman–Crippen MR) is 89.9 cm³/mol. The lowest BCUT2D eigenvalue weighted by molar-refractivity contribution is 0.0950. The van der Waals surface area contributed by atoms with Crippen molar-refractivity contribution in [2.45, 2.75) is 6.54 Å². The van der Waals surface area contributed by atoms with Crippen LogP contribution in [0.15, 0.2) is 42.5 Å². The highest BCUT2D eigenvalue weighted by Crippen LogP contribution is 2.22. The average molecular weight is 319 g/mol. The Kier molecular flexibility index (Phi) is 5.28. The number of methoxy groups -OCH3 is 1. The number of halogens is 1. The number of anilines is 1. The van der Waals surface area contributed by atoms with Crippen LogP contribution in [0, 0.1) is 0 Å². The molecule has 2 aromatic rings. The van der Waals surface area contributed by atoms with Gasteiger partial charge in [0.25, 0.3) is 5.91 Å². The molecule has 4 nitrogen and oxygen atoms in total. The molecule has 0 fully saturated rings. The Labute approximate surface area is 135 Å². The number of carbonyl (C=O) groups is 1. The Morgan fingerprint density at radius 3 is 2.45 bits per heavy atom. The number of benzene rings is 2. The molecule has 22 heavy (non-hydrogen) atoms. The smallest absolute Gasteiger partial charge is 0.251 e. The van der Waals surface area contributed by atoms with Crippen LogP contribution in [0.1, 0.15) is 15.9 Å². The molecule has 0 unspecified atom stereocenters. The summed E-state index contributed by atoms with van der Waals surface area (Å²) in [6.07, 6.45) is 0. The second-order valence-electron chi connectivity index (χ2n) is 5.08. The van der Waals surface area contributed by atoms with E-state index in [0.29, 0.717) is 22.9 Å². The maximum absolute atomic E-state index is 12.2. The topological polar surface area (TPSA) is 41.6 Å². The lowest BCUT2D eigenvalue weighted by Gasteiger charge is -2.13. The van der Waals surface area contributed by atoms with E-state index in [1.54, 1.807) is 37.4 Å². The number of rotatable bonds is 5. The van der Waals surface area contributed by atoms with Gasteiger partial charge in [0.05, 0.1) is 7.11 Å². The summed E-state index contributed by atoms with van der Waals surface area (Å²) < 4.78 is 5.26. The minimum absolute atomic E-state index is 0.132. The van der Waals surface area contributed by atoms with Crippen LogP contribution in [-0.4, -0.2) is 27.1 Å². The van der Waals surface area contributed by atoms with Crippen LogP contribution in [0.25, 0.3) is 0 Å². The van der Waals surface area contributed by atoms with E-state index in [1.165, 1.54) is 0 Å². The van der Waals surface area contributed by atoms with E-state index in [0.717, 1.165) is 11.3 Å². The first-order chi connectivity index (χ1) is 10.5. The highest BCUT2D eigenvalue weighted by molar-refractivity contribution is 6.30. The highest BCUT2D eigenvalue weighted by Gasteiger charge is 2.08. The van der Waals surface area contributed by atoms with E-state index in [4.69, 9.17) is 16.3 Å². The Hall–Kier alpha value is -2.20.